The summed E-state index contributed by atoms with van der Waals surface area (Å²) in [6.07, 6.45) is 2.40. The summed E-state index contributed by atoms with van der Waals surface area (Å²) in [7, 11) is 0. The summed E-state index contributed by atoms with van der Waals surface area (Å²) in [5, 5.41) is 10.2. The molecule has 1 aliphatic heterocycles. The smallest absolute Gasteiger partial charge is 0.133 e. The molecule has 0 bridgehead atoms. The predicted octanol–water partition coefficient (Wildman–Crippen LogP) is 3.88. The van der Waals surface area contributed by atoms with Gasteiger partial charge in [0.1, 0.15) is 17.6 Å². The lowest BCUT2D eigenvalue weighted by Crippen LogP contribution is -2.36. The third kappa shape index (κ3) is 3.16. The molecule has 0 radical (unpaired) electrons. The summed E-state index contributed by atoms with van der Waals surface area (Å²) in [4.78, 5) is 2.31. The number of hydrogen-bond donors (Lipinski definition) is 1. The van der Waals surface area contributed by atoms with Gasteiger partial charge in [-0.1, -0.05) is 36.7 Å². The SMILES string of the molecule is CC1CCCN(c2c(N)cc(C#N)n2Cc2ccccc2Cl)C1. The van der Waals surface area contributed by atoms with Crippen LogP contribution in [0.5, 0.6) is 0 Å². The Labute approximate surface area is 142 Å². The fraction of sp³-hybridized carbons (Fsp3) is 0.389. The van der Waals surface area contributed by atoms with Gasteiger partial charge in [-0.25, -0.2) is 0 Å². The Morgan fingerprint density at radius 3 is 2.87 bits per heavy atom. The maximum absolute atomic E-state index is 9.48. The average molecular weight is 329 g/mol. The van der Waals surface area contributed by atoms with Crippen LogP contribution in [-0.4, -0.2) is 17.7 Å². The van der Waals surface area contributed by atoms with Crippen molar-refractivity contribution in [1.29, 1.82) is 5.26 Å². The quantitative estimate of drug-likeness (QED) is 0.930. The number of nitrogens with two attached hydrogens (primary N) is 1. The Kier molecular flexibility index (Phi) is 4.49. The van der Waals surface area contributed by atoms with E-state index in [4.69, 9.17) is 17.3 Å². The van der Waals surface area contributed by atoms with Crippen LogP contribution in [0.2, 0.25) is 5.02 Å². The van der Waals surface area contributed by atoms with Crippen LogP contribution < -0.4 is 10.6 Å². The standard InChI is InChI=1S/C18H21ClN4/c1-13-5-4-8-22(11-13)18-17(21)9-15(10-20)23(18)12-14-6-2-3-7-16(14)19/h2-3,6-7,9,13H,4-5,8,11-12,21H2,1H3. The maximum atomic E-state index is 9.48. The molecule has 1 atom stereocenters. The third-order valence-corrected chi connectivity index (χ3v) is 4.82. The van der Waals surface area contributed by atoms with Gasteiger partial charge in [0.05, 0.1) is 12.2 Å². The normalized spacial score (nSPS) is 18.0. The molecular formula is C18H21ClN4. The number of rotatable bonds is 3. The van der Waals surface area contributed by atoms with Crippen LogP contribution in [0.25, 0.3) is 0 Å². The zero-order valence-corrected chi connectivity index (χ0v) is 14.1. The summed E-state index contributed by atoms with van der Waals surface area (Å²) in [5.41, 5.74) is 8.48. The fourth-order valence-corrected chi connectivity index (χ4v) is 3.54. The molecule has 2 N–H and O–H groups in total. The van der Waals surface area contributed by atoms with Crippen LogP contribution >= 0.6 is 11.6 Å². The van der Waals surface area contributed by atoms with Crippen molar-refractivity contribution < 1.29 is 0 Å². The van der Waals surface area contributed by atoms with Gasteiger partial charge in [-0.15, -0.1) is 0 Å². The molecule has 3 rings (SSSR count). The fourth-order valence-electron chi connectivity index (χ4n) is 3.34. The molecule has 1 unspecified atom stereocenters. The molecule has 1 aliphatic rings. The zero-order chi connectivity index (χ0) is 16.4. The first-order chi connectivity index (χ1) is 11.1. The molecular weight excluding hydrogens is 308 g/mol. The highest BCUT2D eigenvalue weighted by molar-refractivity contribution is 6.31. The van der Waals surface area contributed by atoms with E-state index in [0.717, 1.165) is 30.9 Å². The second-order valence-electron chi connectivity index (χ2n) is 6.29. The number of halogens is 1. The summed E-state index contributed by atoms with van der Waals surface area (Å²) < 4.78 is 1.99. The van der Waals surface area contributed by atoms with E-state index in [1.807, 2.05) is 28.8 Å². The third-order valence-electron chi connectivity index (χ3n) is 4.45. The summed E-state index contributed by atoms with van der Waals surface area (Å²) >= 11 is 6.30. The second kappa shape index (κ2) is 6.55. The second-order valence-corrected chi connectivity index (χ2v) is 6.70. The number of anilines is 2. The first-order valence-electron chi connectivity index (χ1n) is 7.97. The lowest BCUT2D eigenvalue weighted by atomic mass is 10.0. The van der Waals surface area contributed by atoms with Gasteiger partial charge in [-0.3, -0.25) is 0 Å². The van der Waals surface area contributed by atoms with E-state index in [1.54, 1.807) is 6.07 Å². The first-order valence-corrected chi connectivity index (χ1v) is 8.35. The Hall–Kier alpha value is -2.12. The van der Waals surface area contributed by atoms with Gasteiger partial charge in [0.25, 0.3) is 0 Å². The van der Waals surface area contributed by atoms with Gasteiger partial charge >= 0.3 is 0 Å². The van der Waals surface area contributed by atoms with Crippen molar-refractivity contribution >= 4 is 23.1 Å². The summed E-state index contributed by atoms with van der Waals surface area (Å²) in [6, 6.07) is 11.8. The zero-order valence-electron chi connectivity index (χ0n) is 13.3. The highest BCUT2D eigenvalue weighted by atomic mass is 35.5. The number of piperidine rings is 1. The van der Waals surface area contributed by atoms with Gasteiger partial charge in [-0.2, -0.15) is 5.26 Å². The Morgan fingerprint density at radius 1 is 1.39 bits per heavy atom. The average Bonchev–Trinajstić information content (AvgIpc) is 2.85. The van der Waals surface area contributed by atoms with Crippen LogP contribution in [0.3, 0.4) is 0 Å². The molecule has 0 spiro atoms. The number of benzene rings is 1. The maximum Gasteiger partial charge on any atom is 0.133 e. The van der Waals surface area contributed by atoms with Crippen molar-refractivity contribution in [3.63, 3.8) is 0 Å². The molecule has 23 heavy (non-hydrogen) atoms. The number of hydrogen-bond acceptors (Lipinski definition) is 3. The van der Waals surface area contributed by atoms with E-state index in [-0.39, 0.29) is 0 Å². The minimum absolute atomic E-state index is 0.556. The van der Waals surface area contributed by atoms with Crippen molar-refractivity contribution in [3.8, 4) is 6.07 Å². The van der Waals surface area contributed by atoms with E-state index >= 15 is 0 Å². The number of aromatic nitrogens is 1. The Balaban J connectivity index is 2.01. The summed E-state index contributed by atoms with van der Waals surface area (Å²) in [6.45, 7) is 4.77. The Morgan fingerprint density at radius 2 is 2.17 bits per heavy atom. The van der Waals surface area contributed by atoms with Crippen LogP contribution in [0.1, 0.15) is 31.0 Å². The van der Waals surface area contributed by atoms with Crippen molar-refractivity contribution in [1.82, 2.24) is 4.57 Å². The highest BCUT2D eigenvalue weighted by Gasteiger charge is 2.24. The molecule has 0 amide bonds. The van der Waals surface area contributed by atoms with Crippen LogP contribution in [0.4, 0.5) is 11.5 Å². The van der Waals surface area contributed by atoms with Crippen molar-refractivity contribution in [2.75, 3.05) is 23.7 Å². The Bertz CT molecular complexity index is 744. The summed E-state index contributed by atoms with van der Waals surface area (Å²) in [5.74, 6) is 1.59. The van der Waals surface area contributed by atoms with E-state index < -0.39 is 0 Å². The van der Waals surface area contributed by atoms with Gasteiger partial charge in [0, 0.05) is 18.1 Å². The van der Waals surface area contributed by atoms with Crippen molar-refractivity contribution in [2.24, 2.45) is 5.92 Å². The van der Waals surface area contributed by atoms with Gasteiger partial charge in [0.2, 0.25) is 0 Å². The molecule has 1 fully saturated rings. The molecule has 0 saturated carbocycles. The molecule has 1 aromatic heterocycles. The van der Waals surface area contributed by atoms with Gasteiger partial charge in [-0.05, 0) is 36.5 Å². The molecule has 1 saturated heterocycles. The highest BCUT2D eigenvalue weighted by Crippen LogP contribution is 2.32. The van der Waals surface area contributed by atoms with E-state index in [1.165, 1.54) is 6.42 Å². The molecule has 2 heterocycles. The lowest BCUT2D eigenvalue weighted by molar-refractivity contribution is 0.441. The molecule has 4 nitrogen and oxygen atoms in total. The molecule has 1 aromatic carbocycles. The van der Waals surface area contributed by atoms with E-state index in [0.29, 0.717) is 28.9 Å². The number of nitrogen functional groups attached to an aromatic ring is 1. The van der Waals surface area contributed by atoms with Crippen molar-refractivity contribution in [3.05, 3.63) is 46.6 Å². The molecule has 2 aromatic rings. The van der Waals surface area contributed by atoms with E-state index in [9.17, 15) is 5.26 Å². The van der Waals surface area contributed by atoms with Crippen LogP contribution in [-0.2, 0) is 6.54 Å². The van der Waals surface area contributed by atoms with Gasteiger partial charge in [0.15, 0.2) is 0 Å². The molecule has 120 valence electrons. The lowest BCUT2D eigenvalue weighted by Gasteiger charge is -2.34. The van der Waals surface area contributed by atoms with E-state index in [2.05, 4.69) is 17.9 Å². The molecule has 0 aliphatic carbocycles. The number of nitrogens with zero attached hydrogens (tertiary/aromatic N) is 3. The van der Waals surface area contributed by atoms with Crippen LogP contribution in [0, 0.1) is 17.2 Å². The van der Waals surface area contributed by atoms with Crippen LogP contribution in [0.15, 0.2) is 30.3 Å². The van der Waals surface area contributed by atoms with Gasteiger partial charge < -0.3 is 15.2 Å². The largest absolute Gasteiger partial charge is 0.396 e. The monoisotopic (exact) mass is 328 g/mol. The minimum Gasteiger partial charge on any atom is -0.396 e. The topological polar surface area (TPSA) is 58.0 Å². The number of nitriles is 1. The minimum atomic E-state index is 0.556. The first kappa shape index (κ1) is 15.8. The molecule has 5 heteroatoms. The van der Waals surface area contributed by atoms with Crippen molar-refractivity contribution in [2.45, 2.75) is 26.3 Å². The predicted molar refractivity (Wildman–Crippen MR) is 94.7 cm³/mol.